The molecule has 180 valence electrons. The van der Waals surface area contributed by atoms with Gasteiger partial charge in [0.05, 0.1) is 0 Å². The van der Waals surface area contributed by atoms with Gasteiger partial charge in [0, 0.05) is 56.1 Å². The second-order valence-corrected chi connectivity index (χ2v) is 8.54. The Morgan fingerprint density at radius 2 is 2.00 bits per heavy atom. The molecule has 1 aliphatic rings. The van der Waals surface area contributed by atoms with E-state index in [1.807, 2.05) is 0 Å². The van der Waals surface area contributed by atoms with E-state index in [-0.39, 0.29) is 24.0 Å². The van der Waals surface area contributed by atoms with Crippen LogP contribution in [-0.4, -0.2) is 45.3 Å². The number of aromatic nitrogens is 4. The molecule has 0 unspecified atom stereocenters. The van der Waals surface area contributed by atoms with Crippen molar-refractivity contribution in [3.63, 3.8) is 0 Å². The maximum absolute atomic E-state index is 4.78. The van der Waals surface area contributed by atoms with Gasteiger partial charge in [-0.15, -0.1) is 34.2 Å². The molecule has 0 radical (unpaired) electrons. The van der Waals surface area contributed by atoms with Crippen LogP contribution < -0.4 is 10.6 Å². The predicted octanol–water partition coefficient (Wildman–Crippen LogP) is 4.40. The minimum Gasteiger partial charge on any atom is -0.361 e. The van der Waals surface area contributed by atoms with Crippen LogP contribution in [-0.2, 0) is 32.2 Å². The summed E-state index contributed by atoms with van der Waals surface area (Å²) in [5.74, 6) is 3.18. The zero-order valence-corrected chi connectivity index (χ0v) is 22.3. The average Bonchev–Trinajstić information content (AvgIpc) is 3.32. The first-order valence-electron chi connectivity index (χ1n) is 12.3. The lowest BCUT2D eigenvalue weighted by molar-refractivity contribution is 0.597. The van der Waals surface area contributed by atoms with E-state index in [9.17, 15) is 0 Å². The van der Waals surface area contributed by atoms with Gasteiger partial charge in [0.1, 0.15) is 11.6 Å². The SMILES string of the molecule is CCNC(=NCCCc1nnc2n1CCCCC2)NCCc1c[nH]c2c(CC)cccc12.I. The lowest BCUT2D eigenvalue weighted by Gasteiger charge is -2.11. The normalized spacial score (nSPS) is 13.9. The first-order chi connectivity index (χ1) is 15.8. The maximum Gasteiger partial charge on any atom is 0.191 e. The van der Waals surface area contributed by atoms with Crippen LogP contribution in [0, 0.1) is 0 Å². The predicted molar refractivity (Wildman–Crippen MR) is 147 cm³/mol. The number of guanidine groups is 1. The summed E-state index contributed by atoms with van der Waals surface area (Å²) in [6, 6.07) is 6.57. The molecule has 7 nitrogen and oxygen atoms in total. The van der Waals surface area contributed by atoms with E-state index in [4.69, 9.17) is 4.99 Å². The van der Waals surface area contributed by atoms with Crippen LogP contribution in [0.4, 0.5) is 0 Å². The van der Waals surface area contributed by atoms with Gasteiger partial charge in [-0.05, 0) is 50.2 Å². The number of aromatic amines is 1. The highest BCUT2D eigenvalue weighted by molar-refractivity contribution is 14.0. The number of rotatable bonds is 9. The number of nitrogens with zero attached hydrogens (tertiary/aromatic N) is 4. The van der Waals surface area contributed by atoms with Gasteiger partial charge < -0.3 is 20.2 Å². The van der Waals surface area contributed by atoms with Gasteiger partial charge in [-0.3, -0.25) is 4.99 Å². The third kappa shape index (κ3) is 6.49. The van der Waals surface area contributed by atoms with E-state index in [1.165, 1.54) is 47.1 Å². The Bertz CT molecular complexity index is 1040. The van der Waals surface area contributed by atoms with Crippen LogP contribution in [0.3, 0.4) is 0 Å². The molecule has 0 aliphatic carbocycles. The molecule has 1 aliphatic heterocycles. The molecule has 0 bridgehead atoms. The fourth-order valence-corrected chi connectivity index (χ4v) is 4.59. The van der Waals surface area contributed by atoms with Gasteiger partial charge in [-0.1, -0.05) is 31.5 Å². The molecular weight excluding hydrogens is 525 g/mol. The van der Waals surface area contributed by atoms with Crippen molar-refractivity contribution < 1.29 is 0 Å². The van der Waals surface area contributed by atoms with Crippen molar-refractivity contribution in [3.05, 3.63) is 47.2 Å². The molecule has 0 spiro atoms. The lowest BCUT2D eigenvalue weighted by atomic mass is 10.1. The highest BCUT2D eigenvalue weighted by atomic mass is 127. The summed E-state index contributed by atoms with van der Waals surface area (Å²) in [7, 11) is 0. The quantitative estimate of drug-likeness (QED) is 0.156. The van der Waals surface area contributed by atoms with E-state index >= 15 is 0 Å². The highest BCUT2D eigenvalue weighted by Gasteiger charge is 2.14. The standard InChI is InChI=1S/C25H37N7.HI/c1-3-19-10-8-11-21-20(18-29-24(19)21)14-16-28-25(26-4-2)27-15-9-13-23-31-30-22-12-6-5-7-17-32(22)23;/h8,10-11,18,29H,3-7,9,12-17H2,1-2H3,(H2,26,27,28);1H. The monoisotopic (exact) mass is 563 g/mol. The van der Waals surface area contributed by atoms with Crippen LogP contribution in [0.25, 0.3) is 10.9 Å². The second-order valence-electron chi connectivity index (χ2n) is 8.54. The fraction of sp³-hybridized carbons (Fsp3) is 0.560. The maximum atomic E-state index is 4.78. The summed E-state index contributed by atoms with van der Waals surface area (Å²) < 4.78 is 2.34. The second kappa shape index (κ2) is 13.0. The van der Waals surface area contributed by atoms with Gasteiger partial charge in [0.15, 0.2) is 5.96 Å². The van der Waals surface area contributed by atoms with E-state index in [0.717, 1.165) is 70.1 Å². The molecule has 0 saturated carbocycles. The third-order valence-electron chi connectivity index (χ3n) is 6.31. The van der Waals surface area contributed by atoms with E-state index in [1.54, 1.807) is 0 Å². The first-order valence-corrected chi connectivity index (χ1v) is 12.3. The molecule has 8 heteroatoms. The summed E-state index contributed by atoms with van der Waals surface area (Å²) >= 11 is 0. The van der Waals surface area contributed by atoms with Crippen LogP contribution in [0.1, 0.15) is 62.3 Å². The zero-order chi connectivity index (χ0) is 22.2. The van der Waals surface area contributed by atoms with Crippen molar-refractivity contribution in [2.75, 3.05) is 19.6 Å². The number of H-pyrrole nitrogens is 1. The molecule has 3 heterocycles. The Morgan fingerprint density at radius 3 is 2.85 bits per heavy atom. The lowest BCUT2D eigenvalue weighted by Crippen LogP contribution is -2.38. The number of nitrogens with one attached hydrogen (secondary N) is 3. The van der Waals surface area contributed by atoms with Crippen molar-refractivity contribution in [3.8, 4) is 0 Å². The molecule has 0 atom stereocenters. The Hall–Kier alpha value is -2.10. The minimum absolute atomic E-state index is 0. The molecule has 2 aromatic heterocycles. The zero-order valence-electron chi connectivity index (χ0n) is 20.0. The summed E-state index contributed by atoms with van der Waals surface area (Å²) in [5.41, 5.74) is 4.00. The smallest absolute Gasteiger partial charge is 0.191 e. The van der Waals surface area contributed by atoms with Gasteiger partial charge in [-0.2, -0.15) is 0 Å². The molecule has 0 amide bonds. The Morgan fingerprint density at radius 1 is 1.09 bits per heavy atom. The van der Waals surface area contributed by atoms with Gasteiger partial charge >= 0.3 is 0 Å². The van der Waals surface area contributed by atoms with Crippen LogP contribution >= 0.6 is 24.0 Å². The van der Waals surface area contributed by atoms with Crippen molar-refractivity contribution >= 4 is 40.8 Å². The molecule has 0 saturated heterocycles. The molecule has 33 heavy (non-hydrogen) atoms. The first kappa shape index (κ1) is 25.5. The molecule has 3 N–H and O–H groups in total. The van der Waals surface area contributed by atoms with Gasteiger partial charge in [0.25, 0.3) is 0 Å². The van der Waals surface area contributed by atoms with E-state index in [0.29, 0.717) is 0 Å². The number of halogens is 1. The minimum atomic E-state index is 0. The fourth-order valence-electron chi connectivity index (χ4n) is 4.59. The molecule has 3 aromatic rings. The third-order valence-corrected chi connectivity index (χ3v) is 6.31. The summed E-state index contributed by atoms with van der Waals surface area (Å²) in [6.07, 6.45) is 10.9. The molecular formula is C25H38IN7. The summed E-state index contributed by atoms with van der Waals surface area (Å²) in [4.78, 5) is 8.25. The van der Waals surface area contributed by atoms with E-state index < -0.39 is 0 Å². The highest BCUT2D eigenvalue weighted by Crippen LogP contribution is 2.22. The summed E-state index contributed by atoms with van der Waals surface area (Å²) in [6.45, 7) is 7.87. The van der Waals surface area contributed by atoms with Crippen molar-refractivity contribution in [2.45, 2.75) is 71.8 Å². The largest absolute Gasteiger partial charge is 0.361 e. The Balaban J connectivity index is 0.00000306. The number of aryl methyl sites for hydroxylation is 3. The number of hydrogen-bond acceptors (Lipinski definition) is 3. The van der Waals surface area contributed by atoms with Crippen molar-refractivity contribution in [1.82, 2.24) is 30.4 Å². The van der Waals surface area contributed by atoms with E-state index in [2.05, 4.69) is 68.6 Å². The number of fused-ring (bicyclic) bond motifs is 2. The Kier molecular flexibility index (Phi) is 10.0. The van der Waals surface area contributed by atoms with Crippen molar-refractivity contribution in [1.29, 1.82) is 0 Å². The van der Waals surface area contributed by atoms with Crippen LogP contribution in [0.2, 0.25) is 0 Å². The number of benzene rings is 1. The Labute approximate surface area is 214 Å². The number of para-hydroxylation sites is 1. The van der Waals surface area contributed by atoms with Crippen molar-refractivity contribution in [2.24, 2.45) is 4.99 Å². The summed E-state index contributed by atoms with van der Waals surface area (Å²) in [5, 5.41) is 17.0. The van der Waals surface area contributed by atoms with Gasteiger partial charge in [-0.25, -0.2) is 0 Å². The molecule has 0 fully saturated rings. The topological polar surface area (TPSA) is 82.9 Å². The number of hydrogen-bond donors (Lipinski definition) is 3. The molecule has 4 rings (SSSR count). The molecule has 1 aromatic carbocycles. The van der Waals surface area contributed by atoms with Crippen LogP contribution in [0.5, 0.6) is 0 Å². The average molecular weight is 564 g/mol. The number of aliphatic imine (C=N–C) groups is 1. The van der Waals surface area contributed by atoms with Crippen LogP contribution in [0.15, 0.2) is 29.4 Å². The van der Waals surface area contributed by atoms with Gasteiger partial charge in [0.2, 0.25) is 0 Å².